The standard InChI is InChI=1S/C15H20BrN3O2/c1-8(2)5-10-12(15(10,3)4)14(21)19-18-13(20)11-6-9(16)7-17-11/h5-7,10,12,17H,1-4H3,(H,18,20)(H,19,21). The van der Waals surface area contributed by atoms with Crippen LogP contribution in [0.2, 0.25) is 0 Å². The van der Waals surface area contributed by atoms with Crippen LogP contribution in [0.4, 0.5) is 0 Å². The molecular formula is C15H20BrN3O2. The molecule has 1 aliphatic rings. The average Bonchev–Trinajstić information content (AvgIpc) is 2.73. The largest absolute Gasteiger partial charge is 0.356 e. The first-order valence-electron chi connectivity index (χ1n) is 6.82. The van der Waals surface area contributed by atoms with Gasteiger partial charge in [-0.15, -0.1) is 0 Å². The molecule has 1 fully saturated rings. The van der Waals surface area contributed by atoms with Gasteiger partial charge in [0.15, 0.2) is 0 Å². The lowest BCUT2D eigenvalue weighted by Gasteiger charge is -2.07. The van der Waals surface area contributed by atoms with E-state index in [1.807, 2.05) is 13.8 Å². The number of aromatic amines is 1. The van der Waals surface area contributed by atoms with Gasteiger partial charge >= 0.3 is 0 Å². The summed E-state index contributed by atoms with van der Waals surface area (Å²) in [5, 5.41) is 0. The Balaban J connectivity index is 1.91. The highest BCUT2D eigenvalue weighted by molar-refractivity contribution is 9.10. The van der Waals surface area contributed by atoms with E-state index in [4.69, 9.17) is 0 Å². The van der Waals surface area contributed by atoms with Crippen LogP contribution in [0.15, 0.2) is 28.4 Å². The summed E-state index contributed by atoms with van der Waals surface area (Å²) < 4.78 is 0.783. The third kappa shape index (κ3) is 3.37. The number of amides is 2. The minimum absolute atomic E-state index is 0.0679. The Labute approximate surface area is 132 Å². The fourth-order valence-corrected chi connectivity index (χ4v) is 2.95. The lowest BCUT2D eigenvalue weighted by molar-refractivity contribution is -0.123. The number of halogens is 1. The predicted molar refractivity (Wildman–Crippen MR) is 84.3 cm³/mol. The van der Waals surface area contributed by atoms with Gasteiger partial charge in [0.25, 0.3) is 5.91 Å². The Hall–Kier alpha value is -1.56. The first-order valence-corrected chi connectivity index (χ1v) is 7.62. The summed E-state index contributed by atoms with van der Waals surface area (Å²) in [7, 11) is 0. The van der Waals surface area contributed by atoms with Crippen LogP contribution in [-0.2, 0) is 4.79 Å². The minimum atomic E-state index is -0.369. The number of carbonyl (C=O) groups is 2. The molecule has 0 saturated heterocycles. The van der Waals surface area contributed by atoms with Crippen molar-refractivity contribution >= 4 is 27.7 Å². The summed E-state index contributed by atoms with van der Waals surface area (Å²) in [6.45, 7) is 8.17. The number of hydrogen-bond acceptors (Lipinski definition) is 2. The quantitative estimate of drug-likeness (QED) is 0.577. The molecule has 21 heavy (non-hydrogen) atoms. The lowest BCUT2D eigenvalue weighted by Crippen LogP contribution is -2.43. The van der Waals surface area contributed by atoms with Gasteiger partial charge in [0.05, 0.1) is 5.92 Å². The number of aromatic nitrogens is 1. The van der Waals surface area contributed by atoms with Gasteiger partial charge in [0.1, 0.15) is 5.69 Å². The molecule has 0 aliphatic heterocycles. The van der Waals surface area contributed by atoms with Crippen molar-refractivity contribution in [1.29, 1.82) is 0 Å². The van der Waals surface area contributed by atoms with E-state index in [-0.39, 0.29) is 29.1 Å². The third-order valence-electron chi connectivity index (χ3n) is 3.90. The number of hydrazine groups is 1. The summed E-state index contributed by atoms with van der Waals surface area (Å²) in [5.41, 5.74) is 6.46. The smallest absolute Gasteiger partial charge is 0.286 e. The van der Waals surface area contributed by atoms with E-state index < -0.39 is 0 Å². The zero-order valence-corrected chi connectivity index (χ0v) is 14.2. The molecule has 1 heterocycles. The topological polar surface area (TPSA) is 74.0 Å². The van der Waals surface area contributed by atoms with E-state index in [1.165, 1.54) is 5.57 Å². The van der Waals surface area contributed by atoms with Gasteiger partial charge in [0, 0.05) is 10.7 Å². The maximum atomic E-state index is 12.2. The first-order chi connectivity index (χ1) is 9.73. The highest BCUT2D eigenvalue weighted by Gasteiger charge is 2.60. The Morgan fingerprint density at radius 2 is 2.00 bits per heavy atom. The minimum Gasteiger partial charge on any atom is -0.356 e. The van der Waals surface area contributed by atoms with Crippen molar-refractivity contribution < 1.29 is 9.59 Å². The Morgan fingerprint density at radius 3 is 2.52 bits per heavy atom. The molecule has 2 rings (SSSR count). The summed E-state index contributed by atoms with van der Waals surface area (Å²) in [6.07, 6.45) is 3.78. The highest BCUT2D eigenvalue weighted by atomic mass is 79.9. The molecule has 114 valence electrons. The van der Waals surface area contributed by atoms with Crippen LogP contribution in [0.5, 0.6) is 0 Å². The Morgan fingerprint density at radius 1 is 1.33 bits per heavy atom. The average molecular weight is 354 g/mol. The molecular weight excluding hydrogens is 334 g/mol. The van der Waals surface area contributed by atoms with Crippen LogP contribution in [0.25, 0.3) is 0 Å². The molecule has 2 atom stereocenters. The molecule has 1 aromatic rings. The van der Waals surface area contributed by atoms with Crippen LogP contribution in [0.3, 0.4) is 0 Å². The predicted octanol–water partition coefficient (Wildman–Crippen LogP) is 2.78. The van der Waals surface area contributed by atoms with E-state index in [0.29, 0.717) is 5.69 Å². The molecule has 1 saturated carbocycles. The van der Waals surface area contributed by atoms with Gasteiger partial charge in [-0.25, -0.2) is 0 Å². The molecule has 0 aromatic carbocycles. The number of nitrogens with one attached hydrogen (secondary N) is 3. The van der Waals surface area contributed by atoms with Crippen molar-refractivity contribution in [2.24, 2.45) is 17.3 Å². The van der Waals surface area contributed by atoms with Gasteiger partial charge < -0.3 is 4.98 Å². The summed E-state index contributed by atoms with van der Waals surface area (Å²) in [6, 6.07) is 1.65. The lowest BCUT2D eigenvalue weighted by atomic mass is 10.1. The van der Waals surface area contributed by atoms with E-state index in [9.17, 15) is 9.59 Å². The van der Waals surface area contributed by atoms with Gasteiger partial charge in [-0.1, -0.05) is 25.5 Å². The maximum Gasteiger partial charge on any atom is 0.286 e. The zero-order valence-electron chi connectivity index (χ0n) is 12.6. The number of allylic oxidation sites excluding steroid dienone is 2. The van der Waals surface area contributed by atoms with Crippen molar-refractivity contribution in [3.63, 3.8) is 0 Å². The summed E-state index contributed by atoms with van der Waals surface area (Å²) >= 11 is 3.25. The SMILES string of the molecule is CC(C)=CC1C(C(=O)NNC(=O)c2cc(Br)c[nH]2)C1(C)C. The number of rotatable bonds is 3. The van der Waals surface area contributed by atoms with Gasteiger partial charge in [0.2, 0.25) is 5.91 Å². The Bertz CT molecular complexity index is 600. The first kappa shape index (κ1) is 15.8. The molecule has 0 bridgehead atoms. The van der Waals surface area contributed by atoms with Crippen molar-refractivity contribution in [3.05, 3.63) is 34.1 Å². The van der Waals surface area contributed by atoms with E-state index >= 15 is 0 Å². The molecule has 5 nitrogen and oxygen atoms in total. The number of H-pyrrole nitrogens is 1. The van der Waals surface area contributed by atoms with Crippen molar-refractivity contribution in [2.45, 2.75) is 27.7 Å². The fraction of sp³-hybridized carbons (Fsp3) is 0.467. The van der Waals surface area contributed by atoms with Crippen molar-refractivity contribution in [1.82, 2.24) is 15.8 Å². The van der Waals surface area contributed by atoms with Crippen molar-refractivity contribution in [3.8, 4) is 0 Å². The third-order valence-corrected chi connectivity index (χ3v) is 4.36. The summed E-state index contributed by atoms with van der Waals surface area (Å²) in [4.78, 5) is 26.8. The van der Waals surface area contributed by atoms with E-state index in [0.717, 1.165) is 4.47 Å². The molecule has 1 aromatic heterocycles. The normalized spacial score (nSPS) is 22.3. The van der Waals surface area contributed by atoms with E-state index in [2.05, 4.69) is 51.7 Å². The Kier molecular flexibility index (Phi) is 4.27. The summed E-state index contributed by atoms with van der Waals surface area (Å²) in [5.74, 6) is -0.408. The number of carbonyl (C=O) groups excluding carboxylic acids is 2. The van der Waals surface area contributed by atoms with Gasteiger partial charge in [-0.2, -0.15) is 0 Å². The molecule has 1 aliphatic carbocycles. The molecule has 3 N–H and O–H groups in total. The molecule has 2 unspecified atom stereocenters. The fourth-order valence-electron chi connectivity index (χ4n) is 2.61. The van der Waals surface area contributed by atoms with Crippen LogP contribution < -0.4 is 10.9 Å². The highest BCUT2D eigenvalue weighted by Crippen LogP contribution is 2.59. The van der Waals surface area contributed by atoms with Crippen molar-refractivity contribution in [2.75, 3.05) is 0 Å². The second-order valence-corrected chi connectivity index (χ2v) is 7.16. The molecule has 0 radical (unpaired) electrons. The second kappa shape index (κ2) is 5.67. The number of hydrogen-bond donors (Lipinski definition) is 3. The monoisotopic (exact) mass is 353 g/mol. The van der Waals surface area contributed by atoms with Crippen LogP contribution in [-0.4, -0.2) is 16.8 Å². The van der Waals surface area contributed by atoms with Gasteiger partial charge in [-0.3, -0.25) is 20.4 Å². The maximum absolute atomic E-state index is 12.2. The van der Waals surface area contributed by atoms with Crippen LogP contribution in [0, 0.1) is 17.3 Å². The van der Waals surface area contributed by atoms with Crippen LogP contribution >= 0.6 is 15.9 Å². The molecule has 0 spiro atoms. The zero-order chi connectivity index (χ0) is 15.8. The second-order valence-electron chi connectivity index (χ2n) is 6.24. The molecule has 2 amide bonds. The van der Waals surface area contributed by atoms with Crippen LogP contribution in [0.1, 0.15) is 38.2 Å². The van der Waals surface area contributed by atoms with Gasteiger partial charge in [-0.05, 0) is 47.2 Å². The molecule has 6 heteroatoms. The van der Waals surface area contributed by atoms with E-state index in [1.54, 1.807) is 12.3 Å².